The second-order valence-electron chi connectivity index (χ2n) is 5.16. The highest BCUT2D eigenvalue weighted by atomic mass is 35.5. The lowest BCUT2D eigenvalue weighted by Crippen LogP contribution is -2.53. The van der Waals surface area contributed by atoms with Crippen LogP contribution in [0.1, 0.15) is 13.3 Å². The molecule has 0 amide bonds. The maximum atomic E-state index is 12.6. The number of benzene rings is 1. The summed E-state index contributed by atoms with van der Waals surface area (Å²) >= 11 is 5.85. The normalized spacial score (nSPS) is 19.0. The lowest BCUT2D eigenvalue weighted by atomic mass is 10.1. The minimum absolute atomic E-state index is 0.165. The Morgan fingerprint density at radius 1 is 1.32 bits per heavy atom. The molecule has 1 fully saturated rings. The van der Waals surface area contributed by atoms with E-state index >= 15 is 0 Å². The van der Waals surface area contributed by atoms with Crippen LogP contribution in [0.4, 0.5) is 0 Å². The predicted molar refractivity (Wildman–Crippen MR) is 83.5 cm³/mol. The summed E-state index contributed by atoms with van der Waals surface area (Å²) in [5, 5.41) is 9.54. The van der Waals surface area contributed by atoms with Gasteiger partial charge in [-0.2, -0.15) is 4.31 Å². The highest BCUT2D eigenvalue weighted by molar-refractivity contribution is 7.89. The minimum atomic E-state index is -3.59. The Labute approximate surface area is 135 Å². The number of hydrogen-bond acceptors (Lipinski definition) is 4. The lowest BCUT2D eigenvalue weighted by Gasteiger charge is -2.36. The molecule has 0 saturated carbocycles. The number of carboxylic acid groups (broad SMARTS) is 1. The van der Waals surface area contributed by atoms with Gasteiger partial charge in [-0.25, -0.2) is 8.42 Å². The number of hydrogen-bond donors (Lipinski definition) is 1. The second kappa shape index (κ2) is 6.95. The fraction of sp³-hybridized carbons (Fsp3) is 0.500. The number of rotatable bonds is 5. The van der Waals surface area contributed by atoms with Gasteiger partial charge in [-0.1, -0.05) is 24.6 Å². The molecule has 1 aliphatic heterocycles. The topological polar surface area (TPSA) is 77.9 Å². The molecule has 0 aromatic heterocycles. The largest absolute Gasteiger partial charge is 0.480 e. The Balaban J connectivity index is 2.09. The van der Waals surface area contributed by atoms with Crippen LogP contribution in [0.3, 0.4) is 0 Å². The quantitative estimate of drug-likeness (QED) is 0.874. The summed E-state index contributed by atoms with van der Waals surface area (Å²) < 4.78 is 26.5. The third-order valence-corrected chi connectivity index (χ3v) is 5.95. The van der Waals surface area contributed by atoms with Crippen molar-refractivity contribution >= 4 is 27.6 Å². The molecule has 1 aromatic rings. The van der Waals surface area contributed by atoms with Crippen LogP contribution in [0, 0.1) is 0 Å². The van der Waals surface area contributed by atoms with Crippen LogP contribution in [0.15, 0.2) is 29.2 Å². The number of halogens is 1. The van der Waals surface area contributed by atoms with E-state index in [-0.39, 0.29) is 18.0 Å². The third kappa shape index (κ3) is 3.60. The van der Waals surface area contributed by atoms with Gasteiger partial charge in [0.25, 0.3) is 0 Å². The molecule has 1 unspecified atom stereocenters. The van der Waals surface area contributed by atoms with Crippen molar-refractivity contribution in [3.05, 3.63) is 29.3 Å². The maximum absolute atomic E-state index is 12.6. The molecule has 122 valence electrons. The molecule has 1 atom stereocenters. The predicted octanol–water partition coefficient (Wildman–Crippen LogP) is 1.51. The highest BCUT2D eigenvalue weighted by Crippen LogP contribution is 2.21. The summed E-state index contributed by atoms with van der Waals surface area (Å²) in [5.74, 6) is -0.867. The van der Waals surface area contributed by atoms with Gasteiger partial charge >= 0.3 is 5.97 Å². The van der Waals surface area contributed by atoms with E-state index in [1.165, 1.54) is 16.4 Å². The number of carboxylic acids is 1. The fourth-order valence-electron chi connectivity index (χ4n) is 2.62. The molecule has 8 heteroatoms. The Morgan fingerprint density at radius 3 is 2.45 bits per heavy atom. The van der Waals surface area contributed by atoms with Gasteiger partial charge in [0, 0.05) is 31.2 Å². The fourth-order valence-corrected chi connectivity index (χ4v) is 4.34. The van der Waals surface area contributed by atoms with E-state index in [2.05, 4.69) is 0 Å². The van der Waals surface area contributed by atoms with Crippen molar-refractivity contribution in [2.75, 3.05) is 26.2 Å². The van der Waals surface area contributed by atoms with Crippen LogP contribution in [0.5, 0.6) is 0 Å². The molecule has 0 aliphatic carbocycles. The maximum Gasteiger partial charge on any atom is 0.320 e. The van der Waals surface area contributed by atoms with Crippen LogP contribution < -0.4 is 0 Å². The van der Waals surface area contributed by atoms with Crippen LogP contribution in [-0.4, -0.2) is 60.9 Å². The molecule has 22 heavy (non-hydrogen) atoms. The minimum Gasteiger partial charge on any atom is -0.480 e. The zero-order valence-electron chi connectivity index (χ0n) is 12.3. The zero-order chi connectivity index (χ0) is 16.3. The molecule has 6 nitrogen and oxygen atoms in total. The van der Waals surface area contributed by atoms with Gasteiger partial charge in [0.15, 0.2) is 0 Å². The van der Waals surface area contributed by atoms with Gasteiger partial charge in [0.2, 0.25) is 10.0 Å². The number of sulfonamides is 1. The Hall–Kier alpha value is -1.15. The third-order valence-electron chi connectivity index (χ3n) is 3.82. The summed E-state index contributed by atoms with van der Waals surface area (Å²) in [4.78, 5) is 13.2. The molecule has 0 radical (unpaired) electrons. The van der Waals surface area contributed by atoms with Crippen LogP contribution in [0.2, 0.25) is 5.02 Å². The SMILES string of the molecule is CCC(C(=O)O)N1CCN(S(=O)(=O)c2cccc(Cl)c2)CC1. The zero-order valence-corrected chi connectivity index (χ0v) is 13.8. The Bertz CT molecular complexity index is 642. The molecular weight excluding hydrogens is 328 g/mol. The first-order chi connectivity index (χ1) is 10.4. The Kier molecular flexibility index (Phi) is 5.44. The van der Waals surface area contributed by atoms with Crippen LogP contribution in [0.25, 0.3) is 0 Å². The Morgan fingerprint density at radius 2 is 1.95 bits per heavy atom. The van der Waals surface area contributed by atoms with Crippen molar-refractivity contribution in [3.8, 4) is 0 Å². The smallest absolute Gasteiger partial charge is 0.320 e. The van der Waals surface area contributed by atoms with E-state index in [9.17, 15) is 18.3 Å². The van der Waals surface area contributed by atoms with E-state index in [4.69, 9.17) is 11.6 Å². The van der Waals surface area contributed by atoms with Crippen molar-refractivity contribution in [1.82, 2.24) is 9.21 Å². The number of nitrogens with zero attached hydrogens (tertiary/aromatic N) is 2. The molecular formula is C14H19ClN2O4S. The number of carbonyl (C=O) groups is 1. The van der Waals surface area contributed by atoms with Gasteiger partial charge in [0.1, 0.15) is 6.04 Å². The first-order valence-electron chi connectivity index (χ1n) is 7.09. The van der Waals surface area contributed by atoms with E-state index < -0.39 is 22.0 Å². The van der Waals surface area contributed by atoms with E-state index in [0.717, 1.165) is 0 Å². The lowest BCUT2D eigenvalue weighted by molar-refractivity contribution is -0.143. The van der Waals surface area contributed by atoms with Gasteiger partial charge in [-0.15, -0.1) is 0 Å². The van der Waals surface area contributed by atoms with Crippen molar-refractivity contribution < 1.29 is 18.3 Å². The average Bonchev–Trinajstić information content (AvgIpc) is 2.48. The van der Waals surface area contributed by atoms with Gasteiger partial charge in [-0.05, 0) is 24.6 Å². The molecule has 1 aromatic carbocycles. The first-order valence-corrected chi connectivity index (χ1v) is 8.90. The van der Waals surface area contributed by atoms with Gasteiger partial charge in [-0.3, -0.25) is 9.69 Å². The highest BCUT2D eigenvalue weighted by Gasteiger charge is 2.32. The second-order valence-corrected chi connectivity index (χ2v) is 7.53. The molecule has 0 spiro atoms. The summed E-state index contributed by atoms with van der Waals surface area (Å²) in [6.07, 6.45) is 0.496. The summed E-state index contributed by atoms with van der Waals surface area (Å²) in [5.41, 5.74) is 0. The van der Waals surface area contributed by atoms with Crippen molar-refractivity contribution in [1.29, 1.82) is 0 Å². The van der Waals surface area contributed by atoms with Gasteiger partial charge in [0.05, 0.1) is 4.90 Å². The first kappa shape index (κ1) is 17.2. The van der Waals surface area contributed by atoms with Crippen molar-refractivity contribution in [3.63, 3.8) is 0 Å². The molecule has 1 heterocycles. The summed E-state index contributed by atoms with van der Waals surface area (Å²) in [6.45, 7) is 3.18. The average molecular weight is 347 g/mol. The van der Waals surface area contributed by atoms with Crippen molar-refractivity contribution in [2.24, 2.45) is 0 Å². The van der Waals surface area contributed by atoms with E-state index in [0.29, 0.717) is 24.5 Å². The van der Waals surface area contributed by atoms with E-state index in [1.54, 1.807) is 12.1 Å². The van der Waals surface area contributed by atoms with Crippen molar-refractivity contribution in [2.45, 2.75) is 24.3 Å². The standard InChI is InChI=1S/C14H19ClN2O4S/c1-2-13(14(18)19)16-6-8-17(9-7-16)22(20,21)12-5-3-4-11(15)10-12/h3-5,10,13H,2,6-9H2,1H3,(H,18,19). The summed E-state index contributed by atoms with van der Waals surface area (Å²) in [7, 11) is -3.59. The number of piperazine rings is 1. The molecule has 1 aliphatic rings. The molecule has 1 saturated heterocycles. The number of aliphatic carboxylic acids is 1. The molecule has 2 rings (SSSR count). The monoisotopic (exact) mass is 346 g/mol. The van der Waals surface area contributed by atoms with E-state index in [1.807, 2.05) is 11.8 Å². The summed E-state index contributed by atoms with van der Waals surface area (Å²) in [6, 6.07) is 5.60. The van der Waals surface area contributed by atoms with Crippen LogP contribution >= 0.6 is 11.6 Å². The molecule has 1 N–H and O–H groups in total. The molecule has 0 bridgehead atoms. The van der Waals surface area contributed by atoms with Gasteiger partial charge < -0.3 is 5.11 Å². The van der Waals surface area contributed by atoms with Crippen LogP contribution in [-0.2, 0) is 14.8 Å².